The predicted octanol–water partition coefficient (Wildman–Crippen LogP) is 3.83. The van der Waals surface area contributed by atoms with Crippen LogP contribution in [0.5, 0.6) is 5.75 Å². The zero-order valence-corrected chi connectivity index (χ0v) is 23.8. The van der Waals surface area contributed by atoms with Crippen LogP contribution in [0.4, 0.5) is 10.5 Å². The fourth-order valence-electron chi connectivity index (χ4n) is 5.80. The molecule has 3 amide bonds. The first-order chi connectivity index (χ1) is 19.0. The third-order valence-corrected chi connectivity index (χ3v) is 7.66. The van der Waals surface area contributed by atoms with Gasteiger partial charge in [0.25, 0.3) is 5.91 Å². The Hall–Kier alpha value is -3.59. The summed E-state index contributed by atoms with van der Waals surface area (Å²) in [6.07, 6.45) is -0.831. The molecule has 3 aromatic rings. The first-order valence-corrected chi connectivity index (χ1v) is 13.5. The number of halogens is 1. The average molecular weight is 565 g/mol. The van der Waals surface area contributed by atoms with Gasteiger partial charge in [-0.3, -0.25) is 19.5 Å². The maximum atomic E-state index is 13.8. The van der Waals surface area contributed by atoms with Gasteiger partial charge in [0.2, 0.25) is 0 Å². The van der Waals surface area contributed by atoms with Crippen LogP contribution in [0.15, 0.2) is 84.9 Å². The summed E-state index contributed by atoms with van der Waals surface area (Å²) in [6, 6.07) is 26.4. The minimum absolute atomic E-state index is 0. The zero-order valence-electron chi connectivity index (χ0n) is 23.0. The molecule has 1 unspecified atom stereocenters. The topological polar surface area (TPSA) is 76.6 Å². The van der Waals surface area contributed by atoms with Crippen LogP contribution < -0.4 is 9.64 Å². The highest BCUT2D eigenvalue weighted by Crippen LogP contribution is 2.42. The van der Waals surface area contributed by atoms with Crippen LogP contribution in [0.1, 0.15) is 18.1 Å². The SMILES string of the molecule is CCOc1ccccc1N1CCN(CC(O)CN2C(=O)N(C)C(=O)C2(c2ccccc2)c2ccccc2)CC1.Cl. The van der Waals surface area contributed by atoms with Crippen molar-refractivity contribution in [2.24, 2.45) is 0 Å². The highest BCUT2D eigenvalue weighted by molar-refractivity contribution is 6.09. The van der Waals surface area contributed by atoms with E-state index in [1.54, 1.807) is 4.90 Å². The summed E-state index contributed by atoms with van der Waals surface area (Å²) in [5.74, 6) is 0.562. The lowest BCUT2D eigenvalue weighted by Crippen LogP contribution is -2.53. The molecule has 40 heavy (non-hydrogen) atoms. The van der Waals surface area contributed by atoms with E-state index in [-0.39, 0.29) is 24.9 Å². The molecule has 0 aliphatic carbocycles. The van der Waals surface area contributed by atoms with Crippen molar-refractivity contribution >= 4 is 30.0 Å². The van der Waals surface area contributed by atoms with Gasteiger partial charge >= 0.3 is 6.03 Å². The molecule has 0 radical (unpaired) electrons. The number of likely N-dealkylation sites (N-methyl/N-ethyl adjacent to an activating group) is 1. The number of benzene rings is 3. The molecule has 1 atom stereocenters. The molecule has 212 valence electrons. The number of aliphatic hydroxyl groups excluding tert-OH is 1. The van der Waals surface area contributed by atoms with Gasteiger partial charge in [-0.05, 0) is 30.2 Å². The predicted molar refractivity (Wildman–Crippen MR) is 158 cm³/mol. The number of urea groups is 1. The Morgan fingerprint density at radius 2 is 1.38 bits per heavy atom. The molecular weight excluding hydrogens is 528 g/mol. The fraction of sp³-hybridized carbons (Fsp3) is 0.355. The molecule has 2 saturated heterocycles. The third-order valence-electron chi connectivity index (χ3n) is 7.66. The Morgan fingerprint density at radius 1 is 0.825 bits per heavy atom. The third kappa shape index (κ3) is 5.39. The normalized spacial score (nSPS) is 18.0. The van der Waals surface area contributed by atoms with Gasteiger partial charge in [0.05, 0.1) is 24.9 Å². The maximum Gasteiger partial charge on any atom is 0.328 e. The number of hydrogen-bond acceptors (Lipinski definition) is 6. The first-order valence-electron chi connectivity index (χ1n) is 13.5. The minimum atomic E-state index is -1.34. The summed E-state index contributed by atoms with van der Waals surface area (Å²) < 4.78 is 5.81. The summed E-state index contributed by atoms with van der Waals surface area (Å²) in [7, 11) is 1.51. The van der Waals surface area contributed by atoms with Crippen LogP contribution in [0, 0.1) is 0 Å². The first kappa shape index (κ1) is 29.4. The molecule has 0 aromatic heterocycles. The smallest absolute Gasteiger partial charge is 0.328 e. The average Bonchev–Trinajstić information content (AvgIpc) is 3.16. The maximum absolute atomic E-state index is 13.8. The zero-order chi connectivity index (χ0) is 27.4. The molecule has 8 nitrogen and oxygen atoms in total. The van der Waals surface area contributed by atoms with Gasteiger partial charge in [-0.25, -0.2) is 4.79 Å². The molecule has 5 rings (SSSR count). The molecule has 9 heteroatoms. The molecule has 0 saturated carbocycles. The molecule has 0 spiro atoms. The lowest BCUT2D eigenvalue weighted by Gasteiger charge is -2.40. The number of nitrogens with zero attached hydrogens (tertiary/aromatic N) is 4. The van der Waals surface area contributed by atoms with Crippen LogP contribution in [0.2, 0.25) is 0 Å². The van der Waals surface area contributed by atoms with Crippen molar-refractivity contribution in [2.75, 3.05) is 57.8 Å². The van der Waals surface area contributed by atoms with E-state index >= 15 is 0 Å². The van der Waals surface area contributed by atoms with E-state index in [4.69, 9.17) is 4.74 Å². The van der Waals surface area contributed by atoms with Gasteiger partial charge in [-0.1, -0.05) is 72.8 Å². The number of rotatable bonds is 9. The summed E-state index contributed by atoms with van der Waals surface area (Å²) in [4.78, 5) is 34.5. The number of hydrogen-bond donors (Lipinski definition) is 1. The van der Waals surface area contributed by atoms with Gasteiger partial charge in [-0.15, -0.1) is 12.4 Å². The van der Waals surface area contributed by atoms with Crippen molar-refractivity contribution in [3.8, 4) is 5.75 Å². The number of β-amino-alcohol motifs (C(OH)–C–C–N with tert-alkyl or cyclic N) is 1. The summed E-state index contributed by atoms with van der Waals surface area (Å²) >= 11 is 0. The van der Waals surface area contributed by atoms with Crippen molar-refractivity contribution in [3.05, 3.63) is 96.1 Å². The number of imide groups is 1. The van der Waals surface area contributed by atoms with Crippen LogP contribution >= 0.6 is 12.4 Å². The Kier molecular flexibility index (Phi) is 9.35. The lowest BCUT2D eigenvalue weighted by atomic mass is 9.81. The fourth-order valence-corrected chi connectivity index (χ4v) is 5.80. The van der Waals surface area contributed by atoms with Crippen LogP contribution in [-0.2, 0) is 10.3 Å². The van der Waals surface area contributed by atoms with E-state index in [9.17, 15) is 14.7 Å². The Bertz CT molecular complexity index is 1250. The van der Waals surface area contributed by atoms with Gasteiger partial charge in [0.1, 0.15) is 5.75 Å². The molecule has 2 aliphatic rings. The summed E-state index contributed by atoms with van der Waals surface area (Å²) in [5.41, 5.74) is 1.15. The summed E-state index contributed by atoms with van der Waals surface area (Å²) in [6.45, 7) is 6.19. The Morgan fingerprint density at radius 3 is 1.95 bits per heavy atom. The molecule has 0 bridgehead atoms. The number of aliphatic hydroxyl groups is 1. The van der Waals surface area contributed by atoms with E-state index in [1.807, 2.05) is 85.8 Å². The number of carbonyl (C=O) groups is 2. The van der Waals surface area contributed by atoms with Crippen molar-refractivity contribution in [3.63, 3.8) is 0 Å². The van der Waals surface area contributed by atoms with Crippen molar-refractivity contribution in [2.45, 2.75) is 18.6 Å². The summed E-state index contributed by atoms with van der Waals surface area (Å²) in [5, 5.41) is 11.3. The van der Waals surface area contributed by atoms with Crippen molar-refractivity contribution in [1.29, 1.82) is 0 Å². The minimum Gasteiger partial charge on any atom is -0.492 e. The number of anilines is 1. The molecular formula is C31H37ClN4O4. The largest absolute Gasteiger partial charge is 0.492 e. The molecule has 3 aromatic carbocycles. The number of carbonyl (C=O) groups excluding carboxylic acids is 2. The lowest BCUT2D eigenvalue weighted by molar-refractivity contribution is -0.131. The molecule has 2 fully saturated rings. The number of amides is 3. The number of para-hydroxylation sites is 2. The highest BCUT2D eigenvalue weighted by atomic mass is 35.5. The molecule has 2 heterocycles. The number of ether oxygens (including phenoxy) is 1. The second kappa shape index (κ2) is 12.7. The monoisotopic (exact) mass is 564 g/mol. The highest BCUT2D eigenvalue weighted by Gasteiger charge is 2.58. The van der Waals surface area contributed by atoms with Crippen molar-refractivity contribution < 1.29 is 19.4 Å². The number of piperazine rings is 1. The van der Waals surface area contributed by atoms with Crippen LogP contribution in [0.25, 0.3) is 0 Å². The van der Waals surface area contributed by atoms with Gasteiger partial charge in [-0.2, -0.15) is 0 Å². The van der Waals surface area contributed by atoms with Gasteiger partial charge < -0.3 is 14.7 Å². The van der Waals surface area contributed by atoms with Crippen LogP contribution in [0.3, 0.4) is 0 Å². The molecule has 2 aliphatic heterocycles. The standard InChI is InChI=1S/C31H36N4O4.ClH/c1-3-39-28-17-11-10-16-27(28)34-20-18-33(19-21-34)22-26(36)23-35-30(38)32(2)29(37)31(35,24-12-6-4-7-13-24)25-14-8-5-9-15-25;/h4-17,26,36H,3,18-23H2,1-2H3;1H. The Balaban J connectivity index is 0.00000370. The van der Waals surface area contributed by atoms with Gasteiger partial charge in [0.15, 0.2) is 5.54 Å². The molecule has 1 N–H and O–H groups in total. The van der Waals surface area contributed by atoms with E-state index < -0.39 is 17.7 Å². The van der Waals surface area contributed by atoms with E-state index in [0.717, 1.165) is 37.6 Å². The Labute approximate surface area is 242 Å². The van der Waals surface area contributed by atoms with Crippen molar-refractivity contribution in [1.82, 2.24) is 14.7 Å². The van der Waals surface area contributed by atoms with E-state index in [2.05, 4.69) is 15.9 Å². The second-order valence-corrected chi connectivity index (χ2v) is 10.0. The van der Waals surface area contributed by atoms with Crippen LogP contribution in [-0.4, -0.2) is 90.8 Å². The second-order valence-electron chi connectivity index (χ2n) is 10.0. The quantitative estimate of drug-likeness (QED) is 0.398. The van der Waals surface area contributed by atoms with E-state index in [0.29, 0.717) is 24.3 Å². The van der Waals surface area contributed by atoms with E-state index in [1.165, 1.54) is 11.9 Å². The van der Waals surface area contributed by atoms with Gasteiger partial charge in [0, 0.05) is 39.8 Å².